The van der Waals surface area contributed by atoms with Crippen molar-refractivity contribution in [2.75, 3.05) is 39.0 Å². The minimum Gasteiger partial charge on any atom is -0.493 e. The lowest BCUT2D eigenvalue weighted by Gasteiger charge is -2.13. The maximum atomic E-state index is 12.5. The molecule has 0 atom stereocenters. The first kappa shape index (κ1) is 27.4. The zero-order chi connectivity index (χ0) is 26.8. The lowest BCUT2D eigenvalue weighted by atomic mass is 10.1. The summed E-state index contributed by atoms with van der Waals surface area (Å²) in [5.41, 5.74) is 0.296. The molecule has 37 heavy (non-hydrogen) atoms. The van der Waals surface area contributed by atoms with Gasteiger partial charge < -0.3 is 18.9 Å². The Balaban J connectivity index is 1.60. The third-order valence-corrected chi connectivity index (χ3v) is 7.19. The minimum absolute atomic E-state index is 0.0393. The Morgan fingerprint density at radius 1 is 1.03 bits per heavy atom. The Kier molecular flexibility index (Phi) is 9.42. The van der Waals surface area contributed by atoms with Crippen LogP contribution in [-0.2, 0) is 14.6 Å². The average molecular weight is 545 g/mol. The van der Waals surface area contributed by atoms with E-state index in [1.165, 1.54) is 13.2 Å². The second kappa shape index (κ2) is 12.7. The first-order chi connectivity index (χ1) is 17.7. The van der Waals surface area contributed by atoms with Crippen LogP contribution in [0.5, 0.6) is 23.0 Å². The number of amides is 1. The van der Waals surface area contributed by atoms with E-state index in [0.717, 1.165) is 6.26 Å². The van der Waals surface area contributed by atoms with E-state index in [0.29, 0.717) is 59.5 Å². The third-order valence-electron chi connectivity index (χ3n) is 4.68. The van der Waals surface area contributed by atoms with E-state index in [-0.39, 0.29) is 15.0 Å². The number of carbonyl (C=O) groups is 1. The Labute approximate surface area is 218 Å². The number of anilines is 1. The summed E-state index contributed by atoms with van der Waals surface area (Å²) < 4.78 is 45.0. The molecule has 1 aromatic heterocycles. The van der Waals surface area contributed by atoms with Crippen LogP contribution in [0.25, 0.3) is 6.08 Å². The Morgan fingerprint density at radius 2 is 1.68 bits per heavy atom. The second-order valence-corrected chi connectivity index (χ2v) is 10.5. The molecule has 0 saturated carbocycles. The second-order valence-electron chi connectivity index (χ2n) is 7.38. The highest BCUT2D eigenvalue weighted by Gasteiger charge is 2.18. The number of carbonyl (C=O) groups excluding carboxylic acids is 1. The van der Waals surface area contributed by atoms with Gasteiger partial charge in [-0.25, -0.2) is 8.42 Å². The number of aromatic nitrogens is 2. The number of methoxy groups -OCH3 is 2. The van der Waals surface area contributed by atoms with Gasteiger partial charge in [0.15, 0.2) is 23.0 Å². The highest BCUT2D eigenvalue weighted by Crippen LogP contribution is 2.30. The van der Waals surface area contributed by atoms with Crippen molar-refractivity contribution < 1.29 is 32.2 Å². The molecule has 0 radical (unpaired) electrons. The van der Waals surface area contributed by atoms with Crippen LogP contribution in [-0.4, -0.2) is 58.2 Å². The van der Waals surface area contributed by atoms with E-state index in [4.69, 9.17) is 18.9 Å². The van der Waals surface area contributed by atoms with Crippen LogP contribution in [0.3, 0.4) is 0 Å². The minimum atomic E-state index is -3.55. The molecule has 1 amide bonds. The monoisotopic (exact) mass is 544 g/mol. The van der Waals surface area contributed by atoms with Gasteiger partial charge in [0, 0.05) is 12.7 Å². The fourth-order valence-corrected chi connectivity index (χ4v) is 4.45. The van der Waals surface area contributed by atoms with Gasteiger partial charge in [-0.1, -0.05) is 29.5 Å². The Hall–Kier alpha value is -4.15. The molecule has 1 heterocycles. The maximum Gasteiger partial charge on any atom is 0.268 e. The number of hydrogen-bond donors (Lipinski definition) is 1. The van der Waals surface area contributed by atoms with Crippen molar-refractivity contribution in [1.29, 1.82) is 5.26 Å². The lowest BCUT2D eigenvalue weighted by Crippen LogP contribution is -2.13. The van der Waals surface area contributed by atoms with Gasteiger partial charge in [0.05, 0.1) is 27.4 Å². The van der Waals surface area contributed by atoms with Gasteiger partial charge in [-0.3, -0.25) is 10.1 Å². The predicted octanol–water partition coefficient (Wildman–Crippen LogP) is 3.35. The van der Waals surface area contributed by atoms with E-state index in [1.54, 1.807) is 25.3 Å². The van der Waals surface area contributed by atoms with Gasteiger partial charge in [-0.15, -0.1) is 10.2 Å². The molecule has 3 rings (SSSR count). The summed E-state index contributed by atoms with van der Waals surface area (Å²) in [5, 5.41) is 18.9. The number of benzene rings is 2. The van der Waals surface area contributed by atoms with Crippen molar-refractivity contribution in [3.8, 4) is 29.1 Å². The molecule has 194 valence electrons. The fourth-order valence-electron chi connectivity index (χ4n) is 2.94. The number of sulfone groups is 1. The largest absolute Gasteiger partial charge is 0.493 e. The first-order valence-corrected chi connectivity index (χ1v) is 13.5. The molecule has 2 aromatic carbocycles. The Morgan fingerprint density at radius 3 is 2.27 bits per heavy atom. The number of para-hydroxylation sites is 2. The van der Waals surface area contributed by atoms with Crippen molar-refractivity contribution in [3.05, 3.63) is 53.6 Å². The molecule has 0 unspecified atom stereocenters. The molecule has 0 aliphatic carbocycles. The predicted molar refractivity (Wildman–Crippen MR) is 137 cm³/mol. The van der Waals surface area contributed by atoms with E-state index in [2.05, 4.69) is 15.5 Å². The van der Waals surface area contributed by atoms with Gasteiger partial charge in [-0.05, 0) is 35.9 Å². The van der Waals surface area contributed by atoms with Crippen molar-refractivity contribution in [2.24, 2.45) is 0 Å². The van der Waals surface area contributed by atoms with Crippen molar-refractivity contribution in [2.45, 2.75) is 10.8 Å². The summed E-state index contributed by atoms with van der Waals surface area (Å²) in [4.78, 5) is 12.5. The zero-order valence-corrected chi connectivity index (χ0v) is 21.9. The van der Waals surface area contributed by atoms with E-state index < -0.39 is 15.7 Å². The summed E-state index contributed by atoms with van der Waals surface area (Å²) in [6.45, 7) is 0.786. The van der Waals surface area contributed by atoms with Crippen LogP contribution in [0.4, 0.5) is 5.13 Å². The number of ether oxygens (including phenoxy) is 4. The van der Waals surface area contributed by atoms with Gasteiger partial charge in [0.2, 0.25) is 19.3 Å². The van der Waals surface area contributed by atoms with E-state index in [9.17, 15) is 18.5 Å². The number of hydrogen-bond acceptors (Lipinski definition) is 11. The summed E-state index contributed by atoms with van der Waals surface area (Å²) in [7, 11) is -0.494. The van der Waals surface area contributed by atoms with E-state index in [1.807, 2.05) is 30.3 Å². The SMILES string of the molecule is COc1ccccc1OCCCOc1ccc(/C=C(/C#N)C(=O)Nc2nnc(S(C)(=O)=O)s2)cc1OC. The third kappa shape index (κ3) is 7.66. The molecule has 0 aliphatic heterocycles. The number of nitrogens with one attached hydrogen (secondary N) is 1. The van der Waals surface area contributed by atoms with Crippen molar-refractivity contribution in [1.82, 2.24) is 10.2 Å². The topological polar surface area (TPSA) is 150 Å². The first-order valence-electron chi connectivity index (χ1n) is 10.8. The highest BCUT2D eigenvalue weighted by molar-refractivity contribution is 7.92. The molecule has 0 bridgehead atoms. The molecule has 3 aromatic rings. The van der Waals surface area contributed by atoms with Gasteiger partial charge in [0.1, 0.15) is 11.6 Å². The smallest absolute Gasteiger partial charge is 0.268 e. The molecular weight excluding hydrogens is 520 g/mol. The quantitative estimate of drug-likeness (QED) is 0.156. The number of rotatable bonds is 12. The standard InChI is InChI=1S/C24H24N4O7S2/c1-32-18-7-4-5-8-19(18)34-11-6-12-35-20-10-9-16(14-21(20)33-2)13-17(15-25)22(29)26-23-27-28-24(36-23)37(3,30)31/h4-5,7-10,13-14H,6,11-12H2,1-3H3,(H,26,27,29)/b17-13-. The fraction of sp³-hybridized carbons (Fsp3) is 0.250. The van der Waals surface area contributed by atoms with Crippen LogP contribution in [0.1, 0.15) is 12.0 Å². The summed E-state index contributed by atoms with van der Waals surface area (Å²) >= 11 is 0.691. The lowest BCUT2D eigenvalue weighted by molar-refractivity contribution is -0.112. The van der Waals surface area contributed by atoms with Crippen LogP contribution in [0, 0.1) is 11.3 Å². The zero-order valence-electron chi connectivity index (χ0n) is 20.3. The van der Waals surface area contributed by atoms with Gasteiger partial charge in [0.25, 0.3) is 5.91 Å². The molecule has 0 spiro atoms. The van der Waals surface area contributed by atoms with Gasteiger partial charge in [-0.2, -0.15) is 5.26 Å². The van der Waals surface area contributed by atoms with Crippen LogP contribution >= 0.6 is 11.3 Å². The maximum absolute atomic E-state index is 12.5. The summed E-state index contributed by atoms with van der Waals surface area (Å²) in [6, 6.07) is 14.1. The average Bonchev–Trinajstić information content (AvgIpc) is 3.36. The molecule has 1 N–H and O–H groups in total. The van der Waals surface area contributed by atoms with Crippen LogP contribution in [0.15, 0.2) is 52.4 Å². The van der Waals surface area contributed by atoms with Crippen LogP contribution < -0.4 is 24.3 Å². The van der Waals surface area contributed by atoms with Crippen molar-refractivity contribution >= 4 is 38.3 Å². The van der Waals surface area contributed by atoms with Crippen molar-refractivity contribution in [3.63, 3.8) is 0 Å². The normalized spacial score (nSPS) is 11.4. The molecule has 0 aliphatic rings. The van der Waals surface area contributed by atoms with Gasteiger partial charge >= 0.3 is 0 Å². The number of nitriles is 1. The Bertz CT molecular complexity index is 1430. The molecule has 13 heteroatoms. The summed E-state index contributed by atoms with van der Waals surface area (Å²) in [5.74, 6) is 1.45. The highest BCUT2D eigenvalue weighted by atomic mass is 32.2. The molecule has 11 nitrogen and oxygen atoms in total. The summed E-state index contributed by atoms with van der Waals surface area (Å²) in [6.07, 6.45) is 2.95. The molecule has 0 saturated heterocycles. The molecular formula is C24H24N4O7S2. The van der Waals surface area contributed by atoms with Crippen LogP contribution in [0.2, 0.25) is 0 Å². The van der Waals surface area contributed by atoms with E-state index >= 15 is 0 Å². The number of nitrogens with zero attached hydrogens (tertiary/aromatic N) is 3. The molecule has 0 fully saturated rings.